The second kappa shape index (κ2) is 7.39. The Balaban J connectivity index is 1.65. The van der Waals surface area contributed by atoms with Crippen LogP contribution < -0.4 is 5.56 Å². The zero-order valence-electron chi connectivity index (χ0n) is 16.0. The molecular weight excluding hydrogens is 402 g/mol. The van der Waals surface area contributed by atoms with Gasteiger partial charge in [0.1, 0.15) is 11.0 Å². The highest BCUT2D eigenvalue weighted by Gasteiger charge is 2.30. The SMILES string of the molecule is Cn1cc(-c2ccccc2)c2nc(SCc3ccccc3Cl)n(C3CC3)c(=O)c21. The predicted molar refractivity (Wildman–Crippen MR) is 120 cm³/mol. The smallest absolute Gasteiger partial charge is 0.278 e. The molecule has 2 aromatic carbocycles. The molecule has 1 aliphatic rings. The van der Waals surface area contributed by atoms with Gasteiger partial charge in [0.2, 0.25) is 0 Å². The molecule has 4 nitrogen and oxygen atoms in total. The summed E-state index contributed by atoms with van der Waals surface area (Å²) in [7, 11) is 1.92. The molecule has 0 unspecified atom stereocenters. The number of hydrogen-bond acceptors (Lipinski definition) is 3. The molecule has 6 heteroatoms. The number of nitrogens with zero attached hydrogens (tertiary/aromatic N) is 3. The van der Waals surface area contributed by atoms with Gasteiger partial charge in [-0.3, -0.25) is 9.36 Å². The fourth-order valence-corrected chi connectivity index (χ4v) is 5.02. The van der Waals surface area contributed by atoms with Gasteiger partial charge in [-0.2, -0.15) is 0 Å². The van der Waals surface area contributed by atoms with E-state index in [1.165, 1.54) is 0 Å². The van der Waals surface area contributed by atoms with E-state index >= 15 is 0 Å². The Kier molecular flexibility index (Phi) is 4.72. The van der Waals surface area contributed by atoms with Crippen LogP contribution in [0.4, 0.5) is 0 Å². The van der Waals surface area contributed by atoms with Gasteiger partial charge in [0, 0.05) is 35.6 Å². The van der Waals surface area contributed by atoms with E-state index in [-0.39, 0.29) is 11.6 Å². The number of rotatable bonds is 5. The monoisotopic (exact) mass is 421 g/mol. The second-order valence-electron chi connectivity index (χ2n) is 7.40. The Bertz CT molecular complexity index is 1260. The third-order valence-electron chi connectivity index (χ3n) is 5.30. The highest BCUT2D eigenvalue weighted by Crippen LogP contribution is 2.39. The topological polar surface area (TPSA) is 39.8 Å². The quantitative estimate of drug-likeness (QED) is 0.307. The molecule has 0 aliphatic heterocycles. The lowest BCUT2D eigenvalue weighted by atomic mass is 10.1. The number of hydrogen-bond donors (Lipinski definition) is 0. The number of aryl methyl sites for hydroxylation is 1. The summed E-state index contributed by atoms with van der Waals surface area (Å²) in [6.07, 6.45) is 4.07. The van der Waals surface area contributed by atoms with Crippen LogP contribution in [0.5, 0.6) is 0 Å². The largest absolute Gasteiger partial charge is 0.344 e. The summed E-state index contributed by atoms with van der Waals surface area (Å²) in [6.45, 7) is 0. The first-order valence-corrected chi connectivity index (χ1v) is 11.0. The van der Waals surface area contributed by atoms with Crippen LogP contribution in [-0.4, -0.2) is 14.1 Å². The zero-order chi connectivity index (χ0) is 20.0. The number of halogens is 1. The van der Waals surface area contributed by atoms with Crippen LogP contribution in [0, 0.1) is 0 Å². The minimum absolute atomic E-state index is 0.0452. The van der Waals surface area contributed by atoms with Crippen LogP contribution >= 0.6 is 23.4 Å². The van der Waals surface area contributed by atoms with Crippen LogP contribution in [0.2, 0.25) is 5.02 Å². The first-order chi connectivity index (χ1) is 14.1. The van der Waals surface area contributed by atoms with Gasteiger partial charge in [0.25, 0.3) is 5.56 Å². The van der Waals surface area contributed by atoms with Crippen LogP contribution in [0.3, 0.4) is 0 Å². The van der Waals surface area contributed by atoms with E-state index in [9.17, 15) is 4.79 Å². The first kappa shape index (κ1) is 18.5. The fourth-order valence-electron chi connectivity index (χ4n) is 3.67. The molecule has 2 heterocycles. The molecule has 0 spiro atoms. The van der Waals surface area contributed by atoms with Crippen LogP contribution in [0.25, 0.3) is 22.2 Å². The minimum Gasteiger partial charge on any atom is -0.344 e. The van der Waals surface area contributed by atoms with Crippen molar-refractivity contribution in [1.29, 1.82) is 0 Å². The molecule has 2 aromatic heterocycles. The van der Waals surface area contributed by atoms with Crippen LogP contribution in [0.15, 0.2) is 70.7 Å². The average molecular weight is 422 g/mol. The maximum atomic E-state index is 13.4. The van der Waals surface area contributed by atoms with E-state index in [2.05, 4.69) is 12.1 Å². The number of thioether (sulfide) groups is 1. The Hall–Kier alpha value is -2.50. The van der Waals surface area contributed by atoms with E-state index in [4.69, 9.17) is 16.6 Å². The molecule has 1 fully saturated rings. The summed E-state index contributed by atoms with van der Waals surface area (Å²) in [4.78, 5) is 18.4. The molecule has 0 N–H and O–H groups in total. The molecule has 1 saturated carbocycles. The molecule has 5 rings (SSSR count). The Morgan fingerprint density at radius 1 is 1.10 bits per heavy atom. The zero-order valence-corrected chi connectivity index (χ0v) is 17.6. The van der Waals surface area contributed by atoms with E-state index < -0.39 is 0 Å². The van der Waals surface area contributed by atoms with Crippen molar-refractivity contribution in [2.75, 3.05) is 0 Å². The first-order valence-electron chi connectivity index (χ1n) is 9.66. The molecule has 0 bridgehead atoms. The van der Waals surface area contributed by atoms with Crippen molar-refractivity contribution < 1.29 is 0 Å². The normalized spacial score (nSPS) is 13.9. The summed E-state index contributed by atoms with van der Waals surface area (Å²) < 4.78 is 3.80. The van der Waals surface area contributed by atoms with E-state index in [1.807, 2.05) is 64.8 Å². The third kappa shape index (κ3) is 3.38. The molecule has 0 amide bonds. The summed E-state index contributed by atoms with van der Waals surface area (Å²) in [5, 5.41) is 1.51. The lowest BCUT2D eigenvalue weighted by Gasteiger charge is -2.12. The van der Waals surface area contributed by atoms with E-state index in [1.54, 1.807) is 11.8 Å². The van der Waals surface area contributed by atoms with Gasteiger partial charge < -0.3 is 4.57 Å². The molecule has 0 radical (unpaired) electrons. The third-order valence-corrected chi connectivity index (χ3v) is 6.67. The number of fused-ring (bicyclic) bond motifs is 1. The van der Waals surface area contributed by atoms with Crippen molar-refractivity contribution in [1.82, 2.24) is 14.1 Å². The second-order valence-corrected chi connectivity index (χ2v) is 8.75. The maximum absolute atomic E-state index is 13.4. The van der Waals surface area contributed by atoms with Crippen molar-refractivity contribution >= 4 is 34.4 Å². The Labute approximate surface area is 178 Å². The minimum atomic E-state index is 0.0452. The molecule has 0 atom stereocenters. The van der Waals surface area contributed by atoms with Crippen molar-refractivity contribution in [3.8, 4) is 11.1 Å². The molecule has 4 aromatic rings. The van der Waals surface area contributed by atoms with Gasteiger partial charge >= 0.3 is 0 Å². The van der Waals surface area contributed by atoms with Gasteiger partial charge in [-0.05, 0) is 30.0 Å². The van der Waals surface area contributed by atoms with Gasteiger partial charge in [-0.1, -0.05) is 71.9 Å². The average Bonchev–Trinajstić information content (AvgIpc) is 3.51. The highest BCUT2D eigenvalue weighted by molar-refractivity contribution is 7.98. The lowest BCUT2D eigenvalue weighted by molar-refractivity contribution is 0.615. The Morgan fingerprint density at radius 2 is 1.83 bits per heavy atom. The standard InChI is InChI=1S/C23H20ClN3OS/c1-26-13-18(15-7-3-2-4-8-15)20-21(26)22(28)27(17-11-12-17)23(25-20)29-14-16-9-5-6-10-19(16)24/h2-10,13,17H,11-12,14H2,1H3. The van der Waals surface area contributed by atoms with Crippen molar-refractivity contribution in [2.24, 2.45) is 7.05 Å². The highest BCUT2D eigenvalue weighted by atomic mass is 35.5. The summed E-state index contributed by atoms with van der Waals surface area (Å²) in [5.41, 5.74) is 4.58. The van der Waals surface area contributed by atoms with Crippen molar-refractivity contribution in [2.45, 2.75) is 29.8 Å². The molecular formula is C23H20ClN3OS. The van der Waals surface area contributed by atoms with Gasteiger partial charge in [-0.15, -0.1) is 0 Å². The molecule has 29 heavy (non-hydrogen) atoms. The van der Waals surface area contributed by atoms with Crippen LogP contribution in [0.1, 0.15) is 24.4 Å². The van der Waals surface area contributed by atoms with Crippen LogP contribution in [-0.2, 0) is 12.8 Å². The molecule has 0 saturated heterocycles. The maximum Gasteiger partial charge on any atom is 0.278 e. The number of benzene rings is 2. The van der Waals surface area contributed by atoms with Crippen molar-refractivity contribution in [3.05, 3.63) is 81.7 Å². The van der Waals surface area contributed by atoms with E-state index in [0.29, 0.717) is 11.3 Å². The van der Waals surface area contributed by atoms with E-state index in [0.717, 1.165) is 45.2 Å². The fraction of sp³-hybridized carbons (Fsp3) is 0.217. The molecule has 1 aliphatic carbocycles. The van der Waals surface area contributed by atoms with Gasteiger partial charge in [0.05, 0.1) is 0 Å². The van der Waals surface area contributed by atoms with Gasteiger partial charge in [-0.25, -0.2) is 4.98 Å². The van der Waals surface area contributed by atoms with Crippen molar-refractivity contribution in [3.63, 3.8) is 0 Å². The summed E-state index contributed by atoms with van der Waals surface area (Å²) in [5.74, 6) is 0.678. The summed E-state index contributed by atoms with van der Waals surface area (Å²) in [6, 6.07) is 18.2. The summed E-state index contributed by atoms with van der Waals surface area (Å²) >= 11 is 7.92. The Morgan fingerprint density at radius 3 is 2.55 bits per heavy atom. The molecule has 146 valence electrons. The predicted octanol–water partition coefficient (Wildman–Crippen LogP) is 5.68. The number of aromatic nitrogens is 3. The van der Waals surface area contributed by atoms with Gasteiger partial charge in [0.15, 0.2) is 5.16 Å². The lowest BCUT2D eigenvalue weighted by Crippen LogP contribution is -2.23.